The van der Waals surface area contributed by atoms with E-state index in [0.29, 0.717) is 0 Å². The van der Waals surface area contributed by atoms with Gasteiger partial charge in [0.2, 0.25) is 0 Å². The Morgan fingerprint density at radius 3 is 1.13 bits per heavy atom. The van der Waals surface area contributed by atoms with Gasteiger partial charge in [-0.25, -0.2) is 0 Å². The summed E-state index contributed by atoms with van der Waals surface area (Å²) in [7, 11) is 0. The summed E-state index contributed by atoms with van der Waals surface area (Å²) < 4.78 is 0. The second-order valence-corrected chi connectivity index (χ2v) is 2.33. The van der Waals surface area contributed by atoms with Gasteiger partial charge in [0.25, 0.3) is 0 Å². The van der Waals surface area contributed by atoms with Crippen LogP contribution in [0.2, 0.25) is 0 Å². The molecule has 0 bridgehead atoms. The predicted molar refractivity (Wildman–Crippen MR) is 46.6 cm³/mol. The van der Waals surface area contributed by atoms with Crippen LogP contribution in [0, 0.1) is 0 Å². The van der Waals surface area contributed by atoms with Crippen LogP contribution in [-0.4, -0.2) is 57.8 Å². The van der Waals surface area contributed by atoms with Crippen molar-refractivity contribution >= 4 is 30.3 Å². The van der Waals surface area contributed by atoms with Crippen LogP contribution < -0.4 is 0 Å². The van der Waals surface area contributed by atoms with E-state index < -0.39 is 37.5 Å². The molecule has 15 heavy (non-hydrogen) atoms. The molecule has 0 aliphatic rings. The van der Waals surface area contributed by atoms with Gasteiger partial charge in [0.15, 0.2) is 0 Å². The van der Waals surface area contributed by atoms with Gasteiger partial charge < -0.3 is 15.3 Å². The fraction of sp³-hybridized carbons (Fsp3) is 0.500. The number of rotatable bonds is 6. The second kappa shape index (κ2) is 9.72. The number of hydrogen-bond acceptors (Lipinski definition) is 4. The standard InChI is InChI=1S/C6H9NO6.ClH.Fe/c8-4(9)1-7(2-5(10)11)3-6(12)13;;/h1-3H2,(H,8,9)(H,10,11)(H,12,13);1H;. The third-order valence-electron chi connectivity index (χ3n) is 1.08. The van der Waals surface area contributed by atoms with E-state index in [4.69, 9.17) is 15.3 Å². The summed E-state index contributed by atoms with van der Waals surface area (Å²) in [5.74, 6) is -3.78. The number of carbonyl (C=O) groups is 3. The molecule has 0 spiro atoms. The zero-order valence-electron chi connectivity index (χ0n) is 7.40. The van der Waals surface area contributed by atoms with Crippen molar-refractivity contribution in [3.63, 3.8) is 0 Å². The first-order chi connectivity index (χ1) is 5.91. The molecule has 9 heteroatoms. The summed E-state index contributed by atoms with van der Waals surface area (Å²) in [6.45, 7) is -1.80. The number of carboxylic acids is 3. The minimum absolute atomic E-state index is 0. The molecule has 7 nitrogen and oxygen atoms in total. The van der Waals surface area contributed by atoms with Crippen LogP contribution in [0.15, 0.2) is 0 Å². The summed E-state index contributed by atoms with van der Waals surface area (Å²) in [5.41, 5.74) is 0. The van der Waals surface area contributed by atoms with E-state index in [-0.39, 0.29) is 29.5 Å². The van der Waals surface area contributed by atoms with Gasteiger partial charge in [-0.15, -0.1) is 12.4 Å². The minimum atomic E-state index is -1.26. The van der Waals surface area contributed by atoms with Crippen LogP contribution in [0.1, 0.15) is 0 Å². The third-order valence-corrected chi connectivity index (χ3v) is 1.08. The topological polar surface area (TPSA) is 115 Å². The number of halogens is 1. The quantitative estimate of drug-likeness (QED) is 0.533. The molecule has 90 valence electrons. The Morgan fingerprint density at radius 2 is 1.00 bits per heavy atom. The SMILES string of the molecule is Cl.O=C(O)CN(CC(=O)O)CC(=O)O.[Fe]. The zero-order chi connectivity index (χ0) is 10.4. The molecule has 0 aliphatic heterocycles. The summed E-state index contributed by atoms with van der Waals surface area (Å²) in [4.78, 5) is 31.2. The van der Waals surface area contributed by atoms with Crippen molar-refractivity contribution in [2.45, 2.75) is 0 Å². The van der Waals surface area contributed by atoms with Gasteiger partial charge in [-0.05, 0) is 0 Å². The fourth-order valence-corrected chi connectivity index (χ4v) is 0.742. The zero-order valence-corrected chi connectivity index (χ0v) is 9.32. The molecule has 0 aromatic rings. The molecule has 0 fully saturated rings. The molecule has 0 heterocycles. The molecule has 0 saturated carbocycles. The van der Waals surface area contributed by atoms with Crippen LogP contribution in [-0.2, 0) is 31.5 Å². The molecule has 0 radical (unpaired) electrons. The normalized spacial score (nSPS) is 8.60. The van der Waals surface area contributed by atoms with Crippen molar-refractivity contribution in [3.8, 4) is 0 Å². The maximum Gasteiger partial charge on any atom is 0.317 e. The average Bonchev–Trinajstić information content (AvgIpc) is 1.80. The van der Waals surface area contributed by atoms with Gasteiger partial charge in [-0.2, -0.15) is 0 Å². The van der Waals surface area contributed by atoms with Crippen molar-refractivity contribution < 1.29 is 46.8 Å². The molecule has 0 aromatic carbocycles. The Kier molecular flexibility index (Phi) is 12.8. The minimum Gasteiger partial charge on any atom is -0.480 e. The predicted octanol–water partition coefficient (Wildman–Crippen LogP) is -1.04. The number of aliphatic carboxylic acids is 3. The maximum atomic E-state index is 10.1. The summed E-state index contributed by atoms with van der Waals surface area (Å²) >= 11 is 0. The van der Waals surface area contributed by atoms with Gasteiger partial charge in [-0.3, -0.25) is 19.3 Å². The smallest absolute Gasteiger partial charge is 0.317 e. The van der Waals surface area contributed by atoms with Gasteiger partial charge >= 0.3 is 17.9 Å². The summed E-state index contributed by atoms with van der Waals surface area (Å²) in [6, 6.07) is 0. The van der Waals surface area contributed by atoms with Crippen molar-refractivity contribution in [1.29, 1.82) is 0 Å². The van der Waals surface area contributed by atoms with Crippen molar-refractivity contribution in [3.05, 3.63) is 0 Å². The maximum absolute atomic E-state index is 10.1. The third kappa shape index (κ3) is 13.2. The largest absolute Gasteiger partial charge is 0.480 e. The van der Waals surface area contributed by atoms with Crippen molar-refractivity contribution in [2.24, 2.45) is 0 Å². The van der Waals surface area contributed by atoms with Gasteiger partial charge in [0.05, 0.1) is 19.6 Å². The summed E-state index contributed by atoms with van der Waals surface area (Å²) in [6.07, 6.45) is 0. The molecule has 0 aliphatic carbocycles. The summed E-state index contributed by atoms with van der Waals surface area (Å²) in [5, 5.41) is 24.8. The van der Waals surface area contributed by atoms with E-state index >= 15 is 0 Å². The first kappa shape index (κ1) is 19.7. The van der Waals surface area contributed by atoms with Gasteiger partial charge in [0, 0.05) is 17.1 Å². The molecule has 0 rings (SSSR count). The molecule has 0 atom stereocenters. The number of nitrogens with zero attached hydrogens (tertiary/aromatic N) is 1. The van der Waals surface area contributed by atoms with E-state index in [0.717, 1.165) is 4.90 Å². The molecular formula is C6H10ClFeNO6. The molecular weight excluding hydrogens is 273 g/mol. The van der Waals surface area contributed by atoms with Crippen molar-refractivity contribution in [2.75, 3.05) is 19.6 Å². The first-order valence-electron chi connectivity index (χ1n) is 3.29. The van der Waals surface area contributed by atoms with E-state index in [1.807, 2.05) is 0 Å². The number of carboxylic acid groups (broad SMARTS) is 3. The molecule has 3 N–H and O–H groups in total. The van der Waals surface area contributed by atoms with Gasteiger partial charge in [-0.1, -0.05) is 0 Å². The second-order valence-electron chi connectivity index (χ2n) is 2.33. The van der Waals surface area contributed by atoms with E-state index in [1.165, 1.54) is 0 Å². The molecule has 0 amide bonds. The van der Waals surface area contributed by atoms with Crippen LogP contribution in [0.4, 0.5) is 0 Å². The van der Waals surface area contributed by atoms with Crippen LogP contribution in [0.5, 0.6) is 0 Å². The Morgan fingerprint density at radius 1 is 0.800 bits per heavy atom. The molecule has 0 aromatic heterocycles. The average molecular weight is 283 g/mol. The van der Waals surface area contributed by atoms with Crippen LogP contribution >= 0.6 is 12.4 Å². The monoisotopic (exact) mass is 283 g/mol. The van der Waals surface area contributed by atoms with E-state index in [2.05, 4.69) is 0 Å². The first-order valence-corrected chi connectivity index (χ1v) is 3.29. The van der Waals surface area contributed by atoms with Crippen molar-refractivity contribution in [1.82, 2.24) is 4.90 Å². The Labute approximate surface area is 102 Å². The fourth-order valence-electron chi connectivity index (χ4n) is 0.742. The Bertz CT molecular complexity index is 198. The van der Waals surface area contributed by atoms with Crippen LogP contribution in [0.25, 0.3) is 0 Å². The van der Waals surface area contributed by atoms with E-state index in [9.17, 15) is 14.4 Å². The Hall–Kier alpha value is -0.821. The molecule has 0 unspecified atom stereocenters. The van der Waals surface area contributed by atoms with E-state index in [1.54, 1.807) is 0 Å². The Balaban J connectivity index is -0.000000720. The van der Waals surface area contributed by atoms with Gasteiger partial charge in [0.1, 0.15) is 0 Å². The number of hydrogen-bond donors (Lipinski definition) is 3. The molecule has 0 saturated heterocycles. The van der Waals surface area contributed by atoms with Crippen LogP contribution in [0.3, 0.4) is 0 Å².